The first-order chi connectivity index (χ1) is 7.69. The Morgan fingerprint density at radius 2 is 2.00 bits per heavy atom. The normalized spacial score (nSPS) is 12.3. The van der Waals surface area contributed by atoms with Crippen molar-refractivity contribution >= 4 is 17.5 Å². The molecule has 5 heteroatoms. The second kappa shape index (κ2) is 5.55. The average molecular weight is 219 g/mol. The van der Waals surface area contributed by atoms with Crippen LogP contribution in [0.15, 0.2) is 47.1 Å². The quantitative estimate of drug-likeness (QED) is 0.338. The molecule has 0 aromatic heterocycles. The molecule has 0 spiro atoms. The number of nitrogens with two attached hydrogens (primary N) is 2. The molecule has 0 aliphatic rings. The molecule has 0 amide bonds. The first-order valence-corrected chi connectivity index (χ1v) is 4.59. The second-order valence-corrected chi connectivity index (χ2v) is 2.90. The van der Waals surface area contributed by atoms with Crippen LogP contribution in [0.4, 0.5) is 5.69 Å². The van der Waals surface area contributed by atoms with Gasteiger partial charge in [0.15, 0.2) is 0 Å². The highest BCUT2D eigenvalue weighted by Gasteiger charge is 2.13. The van der Waals surface area contributed by atoms with Crippen LogP contribution >= 0.6 is 0 Å². The van der Waals surface area contributed by atoms with E-state index in [2.05, 4.69) is 9.73 Å². The smallest absolute Gasteiger partial charge is 0.343 e. The highest BCUT2D eigenvalue weighted by atomic mass is 16.5. The summed E-state index contributed by atoms with van der Waals surface area (Å²) in [6.45, 7) is 0. The van der Waals surface area contributed by atoms with Crippen molar-refractivity contribution in [2.75, 3.05) is 7.11 Å². The number of para-hydroxylation sites is 1. The summed E-state index contributed by atoms with van der Waals surface area (Å²) in [6, 6.07) is 9.01. The van der Waals surface area contributed by atoms with Crippen molar-refractivity contribution in [1.29, 1.82) is 0 Å². The van der Waals surface area contributed by atoms with Gasteiger partial charge in [-0.1, -0.05) is 18.2 Å². The van der Waals surface area contributed by atoms with E-state index in [4.69, 9.17) is 11.5 Å². The van der Waals surface area contributed by atoms with Gasteiger partial charge in [0.2, 0.25) is 0 Å². The number of hydrogen-bond acceptors (Lipinski definition) is 4. The van der Waals surface area contributed by atoms with E-state index in [1.165, 1.54) is 7.11 Å². The minimum Gasteiger partial charge on any atom is -0.465 e. The Morgan fingerprint density at radius 1 is 1.38 bits per heavy atom. The Morgan fingerprint density at radius 3 is 2.50 bits per heavy atom. The summed E-state index contributed by atoms with van der Waals surface area (Å²) in [7, 11) is 1.25. The molecule has 0 aliphatic carbocycles. The number of rotatable bonds is 3. The van der Waals surface area contributed by atoms with Crippen molar-refractivity contribution in [3.63, 3.8) is 0 Å². The highest BCUT2D eigenvalue weighted by molar-refractivity contribution is 6.18. The van der Waals surface area contributed by atoms with Crippen LogP contribution in [0.5, 0.6) is 0 Å². The lowest BCUT2D eigenvalue weighted by atomic mass is 10.2. The van der Waals surface area contributed by atoms with Crippen LogP contribution in [0.25, 0.3) is 0 Å². The van der Waals surface area contributed by atoms with E-state index in [1.807, 2.05) is 18.2 Å². The molecule has 1 rings (SSSR count). The van der Waals surface area contributed by atoms with Crippen LogP contribution < -0.4 is 11.5 Å². The van der Waals surface area contributed by atoms with Crippen molar-refractivity contribution in [2.24, 2.45) is 16.5 Å². The summed E-state index contributed by atoms with van der Waals surface area (Å²) >= 11 is 0. The zero-order valence-corrected chi connectivity index (χ0v) is 8.88. The van der Waals surface area contributed by atoms with E-state index in [0.29, 0.717) is 5.69 Å². The molecule has 1 aromatic carbocycles. The van der Waals surface area contributed by atoms with Gasteiger partial charge in [0, 0.05) is 6.20 Å². The number of carbonyl (C=O) groups is 1. The van der Waals surface area contributed by atoms with Crippen LogP contribution in [0.2, 0.25) is 0 Å². The molecule has 0 bridgehead atoms. The van der Waals surface area contributed by atoms with Crippen molar-refractivity contribution in [2.45, 2.75) is 0 Å². The Balaban J connectivity index is 2.97. The van der Waals surface area contributed by atoms with E-state index in [-0.39, 0.29) is 11.4 Å². The molecular formula is C11H13N3O2. The molecule has 0 radical (unpaired) electrons. The van der Waals surface area contributed by atoms with Gasteiger partial charge in [-0.25, -0.2) is 9.79 Å². The number of amidine groups is 1. The molecule has 1 aromatic rings. The Hall–Kier alpha value is -2.30. The maximum absolute atomic E-state index is 11.2. The predicted octanol–water partition coefficient (Wildman–Crippen LogP) is 0.691. The highest BCUT2D eigenvalue weighted by Crippen LogP contribution is 2.11. The number of aliphatic imine (C=N–C) groups is 1. The summed E-state index contributed by atoms with van der Waals surface area (Å²) in [6.07, 6.45) is 1.08. The van der Waals surface area contributed by atoms with Crippen LogP contribution in [-0.2, 0) is 9.53 Å². The van der Waals surface area contributed by atoms with E-state index in [1.54, 1.807) is 12.1 Å². The van der Waals surface area contributed by atoms with E-state index < -0.39 is 5.97 Å². The van der Waals surface area contributed by atoms with Crippen molar-refractivity contribution in [3.05, 3.63) is 42.1 Å². The lowest BCUT2D eigenvalue weighted by molar-refractivity contribution is -0.135. The van der Waals surface area contributed by atoms with Crippen LogP contribution in [0, 0.1) is 0 Å². The molecule has 0 saturated heterocycles. The number of carbonyl (C=O) groups excluding carboxylic acids is 1. The second-order valence-electron chi connectivity index (χ2n) is 2.90. The molecule has 5 nitrogen and oxygen atoms in total. The molecule has 0 atom stereocenters. The first-order valence-electron chi connectivity index (χ1n) is 4.59. The van der Waals surface area contributed by atoms with Crippen LogP contribution in [0.3, 0.4) is 0 Å². The molecular weight excluding hydrogens is 206 g/mol. The maximum atomic E-state index is 11.2. The number of nitrogens with zero attached hydrogens (tertiary/aromatic N) is 1. The van der Waals surface area contributed by atoms with Crippen LogP contribution in [0.1, 0.15) is 0 Å². The third-order valence-corrected chi connectivity index (χ3v) is 1.85. The number of hydrogen-bond donors (Lipinski definition) is 2. The fourth-order valence-corrected chi connectivity index (χ4v) is 1.07. The zero-order valence-electron chi connectivity index (χ0n) is 8.88. The summed E-state index contributed by atoms with van der Waals surface area (Å²) < 4.78 is 4.51. The largest absolute Gasteiger partial charge is 0.465 e. The fraction of sp³-hybridized carbons (Fsp3) is 0.0909. The SMILES string of the molecule is COC(=O)C(=CN)C(N)=Nc1ccccc1. The van der Waals surface area contributed by atoms with Gasteiger partial charge in [-0.15, -0.1) is 0 Å². The van der Waals surface area contributed by atoms with Gasteiger partial charge >= 0.3 is 5.97 Å². The Bertz CT molecular complexity index is 424. The summed E-state index contributed by atoms with van der Waals surface area (Å²) in [5.41, 5.74) is 11.6. The first kappa shape index (κ1) is 11.8. The van der Waals surface area contributed by atoms with E-state index >= 15 is 0 Å². The number of benzene rings is 1. The summed E-state index contributed by atoms with van der Waals surface area (Å²) in [5.74, 6) is -0.583. The standard InChI is InChI=1S/C11H13N3O2/c1-16-11(15)9(7-12)10(13)14-8-5-3-2-4-6-8/h2-7H,12H2,1H3,(H2,13,14). The predicted molar refractivity (Wildman–Crippen MR) is 62.0 cm³/mol. The van der Waals surface area contributed by atoms with Crippen molar-refractivity contribution in [1.82, 2.24) is 0 Å². The van der Waals surface area contributed by atoms with Gasteiger partial charge in [-0.3, -0.25) is 0 Å². The zero-order chi connectivity index (χ0) is 12.0. The van der Waals surface area contributed by atoms with Gasteiger partial charge in [-0.2, -0.15) is 0 Å². The topological polar surface area (TPSA) is 90.7 Å². The van der Waals surface area contributed by atoms with Gasteiger partial charge in [-0.05, 0) is 12.1 Å². The van der Waals surface area contributed by atoms with Gasteiger partial charge in [0.1, 0.15) is 11.4 Å². The molecule has 0 heterocycles. The lowest BCUT2D eigenvalue weighted by Gasteiger charge is -2.03. The Labute approximate surface area is 93.4 Å². The van der Waals surface area contributed by atoms with Crippen molar-refractivity contribution < 1.29 is 9.53 Å². The van der Waals surface area contributed by atoms with Gasteiger partial charge in [0.05, 0.1) is 12.8 Å². The third-order valence-electron chi connectivity index (χ3n) is 1.85. The monoisotopic (exact) mass is 219 g/mol. The Kier molecular flexibility index (Phi) is 4.08. The van der Waals surface area contributed by atoms with Gasteiger partial charge in [0.25, 0.3) is 0 Å². The van der Waals surface area contributed by atoms with Crippen LogP contribution in [-0.4, -0.2) is 18.9 Å². The molecule has 0 saturated carbocycles. The summed E-state index contributed by atoms with van der Waals surface area (Å²) in [5, 5.41) is 0. The fourth-order valence-electron chi connectivity index (χ4n) is 1.07. The molecule has 4 N–H and O–H groups in total. The van der Waals surface area contributed by atoms with Crippen molar-refractivity contribution in [3.8, 4) is 0 Å². The molecule has 84 valence electrons. The third kappa shape index (κ3) is 2.84. The minimum absolute atomic E-state index is 0.0283. The van der Waals surface area contributed by atoms with Gasteiger partial charge < -0.3 is 16.2 Å². The molecule has 0 fully saturated rings. The molecule has 0 unspecified atom stereocenters. The number of esters is 1. The van der Waals surface area contributed by atoms with E-state index in [9.17, 15) is 4.79 Å². The van der Waals surface area contributed by atoms with E-state index in [0.717, 1.165) is 6.20 Å². The average Bonchev–Trinajstić information content (AvgIpc) is 2.31. The lowest BCUT2D eigenvalue weighted by Crippen LogP contribution is -2.23. The molecule has 16 heavy (non-hydrogen) atoms. The maximum Gasteiger partial charge on any atom is 0.343 e. The minimum atomic E-state index is -0.611. The molecule has 0 aliphatic heterocycles. The number of methoxy groups -OCH3 is 1. The number of ether oxygens (including phenoxy) is 1. The summed E-state index contributed by atoms with van der Waals surface area (Å²) in [4.78, 5) is 15.3.